The van der Waals surface area contributed by atoms with E-state index in [4.69, 9.17) is 9.47 Å². The number of likely N-dealkylation sites (N-methyl/N-ethyl adjacent to an activating group) is 1. The molecule has 130 valence electrons. The van der Waals surface area contributed by atoms with Crippen molar-refractivity contribution in [3.05, 3.63) is 39.8 Å². The molecule has 6 heteroatoms. The molecule has 1 atom stereocenters. The van der Waals surface area contributed by atoms with Crippen LogP contribution in [-0.4, -0.2) is 36.1 Å². The fourth-order valence-electron chi connectivity index (χ4n) is 2.41. The first-order chi connectivity index (χ1) is 11.4. The molecule has 0 saturated heterocycles. The van der Waals surface area contributed by atoms with Gasteiger partial charge in [-0.2, -0.15) is 0 Å². The number of nitrogens with zero attached hydrogens (tertiary/aromatic N) is 2. The molecule has 0 radical (unpaired) electrons. The monoisotopic (exact) mass is 348 g/mol. The Kier molecular flexibility index (Phi) is 6.20. The zero-order chi connectivity index (χ0) is 17.7. The minimum atomic E-state index is -0.0840. The first-order valence-corrected chi connectivity index (χ1v) is 8.79. The molecule has 0 bridgehead atoms. The molecular formula is C18H24N2O3S. The maximum Gasteiger partial charge on any atom is 0.260 e. The topological polar surface area (TPSA) is 51.7 Å². The fourth-order valence-corrected chi connectivity index (χ4v) is 3.43. The zero-order valence-electron chi connectivity index (χ0n) is 14.8. The molecule has 0 fully saturated rings. The van der Waals surface area contributed by atoms with Crippen LogP contribution in [0.3, 0.4) is 0 Å². The Labute approximate surface area is 147 Å². The number of aromatic nitrogens is 1. The molecule has 5 nitrogen and oxygen atoms in total. The number of para-hydroxylation sites is 2. The first kappa shape index (κ1) is 18.3. The number of rotatable bonds is 7. The highest BCUT2D eigenvalue weighted by atomic mass is 32.1. The molecule has 0 aliphatic heterocycles. The number of aryl methyl sites for hydroxylation is 2. The van der Waals surface area contributed by atoms with Crippen molar-refractivity contribution in [3.8, 4) is 11.5 Å². The molecule has 2 rings (SSSR count). The van der Waals surface area contributed by atoms with E-state index in [1.807, 2.05) is 45.9 Å². The van der Waals surface area contributed by atoms with Gasteiger partial charge in [0.25, 0.3) is 5.91 Å². The highest BCUT2D eigenvalue weighted by Crippen LogP contribution is 2.29. The standard InChI is InChI=1S/C18H24N2O3S/c1-6-22-15-9-7-8-10-16(15)23-11-17(21)20(5)13(3)18-12(2)19-14(4)24-18/h7-10,13H,6,11H2,1-5H3/t13-/m0/s1. The quantitative estimate of drug-likeness (QED) is 0.764. The Balaban J connectivity index is 2.00. The van der Waals surface area contributed by atoms with Gasteiger partial charge in [0.1, 0.15) is 0 Å². The van der Waals surface area contributed by atoms with Crippen molar-refractivity contribution in [2.75, 3.05) is 20.3 Å². The van der Waals surface area contributed by atoms with Gasteiger partial charge >= 0.3 is 0 Å². The number of carbonyl (C=O) groups is 1. The lowest BCUT2D eigenvalue weighted by Crippen LogP contribution is -2.33. The average Bonchev–Trinajstić information content (AvgIpc) is 2.91. The maximum absolute atomic E-state index is 12.5. The Hall–Kier alpha value is -2.08. The summed E-state index contributed by atoms with van der Waals surface area (Å²) in [6, 6.07) is 7.34. The van der Waals surface area contributed by atoms with E-state index >= 15 is 0 Å². The van der Waals surface area contributed by atoms with E-state index in [0.717, 1.165) is 15.6 Å². The van der Waals surface area contributed by atoms with E-state index in [-0.39, 0.29) is 18.6 Å². The average molecular weight is 348 g/mol. The molecule has 1 heterocycles. The van der Waals surface area contributed by atoms with Crippen LogP contribution in [0, 0.1) is 13.8 Å². The van der Waals surface area contributed by atoms with Crippen LogP contribution < -0.4 is 9.47 Å². The van der Waals surface area contributed by atoms with Crippen LogP contribution in [0.4, 0.5) is 0 Å². The van der Waals surface area contributed by atoms with E-state index < -0.39 is 0 Å². The van der Waals surface area contributed by atoms with Crippen LogP contribution in [0.2, 0.25) is 0 Å². The van der Waals surface area contributed by atoms with Crippen molar-refractivity contribution in [2.24, 2.45) is 0 Å². The fraction of sp³-hybridized carbons (Fsp3) is 0.444. The van der Waals surface area contributed by atoms with Crippen molar-refractivity contribution < 1.29 is 14.3 Å². The zero-order valence-corrected chi connectivity index (χ0v) is 15.6. The Morgan fingerprint density at radius 3 is 2.42 bits per heavy atom. The number of carbonyl (C=O) groups excluding carboxylic acids is 1. The van der Waals surface area contributed by atoms with Gasteiger partial charge in [-0.15, -0.1) is 11.3 Å². The Morgan fingerprint density at radius 1 is 1.25 bits per heavy atom. The van der Waals surface area contributed by atoms with Gasteiger partial charge in [-0.1, -0.05) is 12.1 Å². The molecule has 2 aromatic rings. The largest absolute Gasteiger partial charge is 0.490 e. The van der Waals surface area contributed by atoms with E-state index in [9.17, 15) is 4.79 Å². The van der Waals surface area contributed by atoms with Crippen LogP contribution in [-0.2, 0) is 4.79 Å². The summed E-state index contributed by atoms with van der Waals surface area (Å²) in [7, 11) is 1.79. The molecule has 0 N–H and O–H groups in total. The van der Waals surface area contributed by atoms with Gasteiger partial charge in [-0.3, -0.25) is 4.79 Å². The SMILES string of the molecule is CCOc1ccccc1OCC(=O)N(C)[C@@H](C)c1sc(C)nc1C. The molecule has 0 unspecified atom stereocenters. The molecule has 0 aliphatic rings. The lowest BCUT2D eigenvalue weighted by atomic mass is 10.2. The highest BCUT2D eigenvalue weighted by Gasteiger charge is 2.22. The number of hydrogen-bond donors (Lipinski definition) is 0. The van der Waals surface area contributed by atoms with Gasteiger partial charge in [0.2, 0.25) is 0 Å². The lowest BCUT2D eigenvalue weighted by molar-refractivity contribution is -0.133. The molecule has 1 aromatic heterocycles. The normalized spacial score (nSPS) is 11.9. The smallest absolute Gasteiger partial charge is 0.260 e. The van der Waals surface area contributed by atoms with E-state index in [1.165, 1.54) is 0 Å². The lowest BCUT2D eigenvalue weighted by Gasteiger charge is -2.24. The summed E-state index contributed by atoms with van der Waals surface area (Å²) in [4.78, 5) is 19.7. The van der Waals surface area contributed by atoms with Gasteiger partial charge in [-0.25, -0.2) is 4.98 Å². The molecule has 24 heavy (non-hydrogen) atoms. The van der Waals surface area contributed by atoms with E-state index in [2.05, 4.69) is 4.98 Å². The van der Waals surface area contributed by atoms with E-state index in [0.29, 0.717) is 18.1 Å². The molecule has 0 spiro atoms. The third-order valence-electron chi connectivity index (χ3n) is 3.79. The van der Waals surface area contributed by atoms with Crippen molar-refractivity contribution in [2.45, 2.75) is 33.7 Å². The number of thiazole rings is 1. The van der Waals surface area contributed by atoms with E-state index in [1.54, 1.807) is 29.4 Å². The summed E-state index contributed by atoms with van der Waals surface area (Å²) >= 11 is 1.63. The highest BCUT2D eigenvalue weighted by molar-refractivity contribution is 7.11. The summed E-state index contributed by atoms with van der Waals surface area (Å²) in [6.45, 7) is 8.39. The van der Waals surface area contributed by atoms with Crippen molar-refractivity contribution >= 4 is 17.2 Å². The molecule has 1 aromatic carbocycles. The van der Waals surface area contributed by atoms with Crippen LogP contribution in [0.15, 0.2) is 24.3 Å². The first-order valence-electron chi connectivity index (χ1n) is 7.98. The van der Waals surface area contributed by atoms with Crippen LogP contribution in [0.25, 0.3) is 0 Å². The van der Waals surface area contributed by atoms with Crippen LogP contribution >= 0.6 is 11.3 Å². The second-order valence-corrected chi connectivity index (χ2v) is 6.77. The molecule has 0 aliphatic carbocycles. The Morgan fingerprint density at radius 2 is 1.88 bits per heavy atom. The number of ether oxygens (including phenoxy) is 2. The predicted octanol–water partition coefficient (Wildman–Crippen LogP) is 3.76. The Bertz CT molecular complexity index is 699. The third kappa shape index (κ3) is 4.26. The van der Waals surface area contributed by atoms with Crippen molar-refractivity contribution in [1.29, 1.82) is 0 Å². The van der Waals surface area contributed by atoms with Crippen molar-refractivity contribution in [1.82, 2.24) is 9.88 Å². The minimum Gasteiger partial charge on any atom is -0.490 e. The summed E-state index contributed by atoms with van der Waals surface area (Å²) in [5.41, 5.74) is 0.979. The van der Waals surface area contributed by atoms with Crippen LogP contribution in [0.1, 0.15) is 35.5 Å². The summed E-state index contributed by atoms with van der Waals surface area (Å²) in [5.74, 6) is 1.15. The maximum atomic E-state index is 12.5. The molecular weight excluding hydrogens is 324 g/mol. The van der Waals surface area contributed by atoms with Gasteiger partial charge in [0, 0.05) is 11.9 Å². The second kappa shape index (κ2) is 8.15. The number of amides is 1. The predicted molar refractivity (Wildman–Crippen MR) is 95.9 cm³/mol. The van der Waals surface area contributed by atoms with Gasteiger partial charge in [-0.05, 0) is 39.8 Å². The summed E-state index contributed by atoms with van der Waals surface area (Å²) in [6.07, 6.45) is 0. The van der Waals surface area contributed by atoms with Gasteiger partial charge in [0.15, 0.2) is 18.1 Å². The summed E-state index contributed by atoms with van der Waals surface area (Å²) < 4.78 is 11.2. The number of hydrogen-bond acceptors (Lipinski definition) is 5. The van der Waals surface area contributed by atoms with Gasteiger partial charge < -0.3 is 14.4 Å². The second-order valence-electron chi connectivity index (χ2n) is 5.53. The third-order valence-corrected chi connectivity index (χ3v) is 5.04. The van der Waals surface area contributed by atoms with Gasteiger partial charge in [0.05, 0.1) is 23.4 Å². The minimum absolute atomic E-state index is 0.0260. The van der Waals surface area contributed by atoms with Crippen LogP contribution in [0.5, 0.6) is 11.5 Å². The number of benzene rings is 1. The molecule has 0 saturated carbocycles. The van der Waals surface area contributed by atoms with Crippen molar-refractivity contribution in [3.63, 3.8) is 0 Å². The summed E-state index contributed by atoms with van der Waals surface area (Å²) in [5, 5.41) is 1.01. The molecule has 1 amide bonds.